The summed E-state index contributed by atoms with van der Waals surface area (Å²) in [6, 6.07) is 8.34. The number of hydrogen-bond donors (Lipinski definition) is 1. The summed E-state index contributed by atoms with van der Waals surface area (Å²) in [4.78, 5) is 16.5. The van der Waals surface area contributed by atoms with E-state index in [2.05, 4.69) is 41.5 Å². The Morgan fingerprint density at radius 2 is 2.12 bits per heavy atom. The number of rotatable bonds is 5. The molecule has 2 aliphatic carbocycles. The fourth-order valence-corrected chi connectivity index (χ4v) is 4.60. The quantitative estimate of drug-likeness (QED) is 0.908. The lowest BCUT2D eigenvalue weighted by Crippen LogP contribution is -2.29. The molecule has 2 aromatic rings. The molecule has 0 saturated heterocycles. The second-order valence-electron chi connectivity index (χ2n) is 7.49. The Hall–Kier alpha value is -2.10. The number of benzene rings is 1. The Balaban J connectivity index is 1.33. The van der Waals surface area contributed by atoms with Gasteiger partial charge < -0.3 is 9.88 Å². The first-order valence-electron chi connectivity index (χ1n) is 9.06. The number of hydrogen-bond acceptors (Lipinski definition) is 2. The van der Waals surface area contributed by atoms with Crippen LogP contribution in [0.3, 0.4) is 0 Å². The van der Waals surface area contributed by atoms with Crippen molar-refractivity contribution in [3.63, 3.8) is 0 Å². The fraction of sp³-hybridized carbons (Fsp3) is 0.500. The zero-order valence-electron chi connectivity index (χ0n) is 14.2. The van der Waals surface area contributed by atoms with Gasteiger partial charge in [0.05, 0.1) is 12.4 Å². The first-order valence-corrected chi connectivity index (χ1v) is 9.06. The van der Waals surface area contributed by atoms with Crippen LogP contribution in [0, 0.1) is 17.8 Å². The Bertz CT molecular complexity index is 692. The first-order chi connectivity index (χ1) is 11.7. The van der Waals surface area contributed by atoms with Gasteiger partial charge in [0.2, 0.25) is 5.91 Å². The predicted octanol–water partition coefficient (Wildman–Crippen LogP) is 3.88. The number of imidazole rings is 1. The van der Waals surface area contributed by atoms with Crippen LogP contribution in [0.4, 0.5) is 0 Å². The Morgan fingerprint density at radius 1 is 1.29 bits per heavy atom. The van der Waals surface area contributed by atoms with Crippen molar-refractivity contribution in [3.05, 3.63) is 48.5 Å². The molecule has 24 heavy (non-hydrogen) atoms. The summed E-state index contributed by atoms with van der Waals surface area (Å²) >= 11 is 0. The molecule has 1 amide bonds. The molecule has 4 heteroatoms. The lowest BCUT2D eigenvalue weighted by molar-refractivity contribution is -0.123. The van der Waals surface area contributed by atoms with Gasteiger partial charge >= 0.3 is 0 Å². The van der Waals surface area contributed by atoms with Gasteiger partial charge in [-0.25, -0.2) is 4.98 Å². The van der Waals surface area contributed by atoms with E-state index in [-0.39, 0.29) is 11.9 Å². The maximum Gasteiger partial charge on any atom is 0.220 e. The molecule has 4 rings (SSSR count). The van der Waals surface area contributed by atoms with Crippen molar-refractivity contribution in [2.75, 3.05) is 0 Å². The van der Waals surface area contributed by atoms with Crippen molar-refractivity contribution in [3.8, 4) is 5.69 Å². The van der Waals surface area contributed by atoms with Crippen molar-refractivity contribution in [2.24, 2.45) is 17.8 Å². The van der Waals surface area contributed by atoms with E-state index >= 15 is 0 Å². The lowest BCUT2D eigenvalue weighted by Gasteiger charge is -2.22. The van der Waals surface area contributed by atoms with Crippen LogP contribution in [-0.2, 0) is 4.79 Å². The lowest BCUT2D eigenvalue weighted by atomic mass is 9.86. The molecule has 0 spiro atoms. The first kappa shape index (κ1) is 15.4. The number of nitrogens with zero attached hydrogens (tertiary/aromatic N) is 2. The third-order valence-corrected chi connectivity index (χ3v) is 5.91. The van der Waals surface area contributed by atoms with Crippen molar-refractivity contribution >= 4 is 5.91 Å². The summed E-state index contributed by atoms with van der Waals surface area (Å²) in [5.74, 6) is 2.55. The third kappa shape index (κ3) is 3.10. The molecule has 2 aliphatic rings. The minimum atomic E-state index is 0.0490. The highest BCUT2D eigenvalue weighted by Gasteiger charge is 2.40. The van der Waals surface area contributed by atoms with Crippen LogP contribution < -0.4 is 5.32 Å². The van der Waals surface area contributed by atoms with Gasteiger partial charge in [0.25, 0.3) is 0 Å². The molecule has 126 valence electrons. The number of nitrogens with one attached hydrogen (secondary N) is 1. The number of carbonyl (C=O) groups is 1. The van der Waals surface area contributed by atoms with Gasteiger partial charge in [-0.2, -0.15) is 0 Å². The van der Waals surface area contributed by atoms with Gasteiger partial charge in [-0.05, 0) is 61.6 Å². The topological polar surface area (TPSA) is 46.9 Å². The maximum absolute atomic E-state index is 12.4. The monoisotopic (exact) mass is 323 g/mol. The van der Waals surface area contributed by atoms with E-state index in [1.165, 1.54) is 25.7 Å². The normalized spacial score (nSPS) is 26.5. The summed E-state index contributed by atoms with van der Waals surface area (Å²) in [6.45, 7) is 2.06. The summed E-state index contributed by atoms with van der Waals surface area (Å²) in [6.07, 6.45) is 11.6. The van der Waals surface area contributed by atoms with Crippen LogP contribution in [0.2, 0.25) is 0 Å². The molecule has 1 heterocycles. The molecule has 2 saturated carbocycles. The highest BCUT2D eigenvalue weighted by Crippen LogP contribution is 2.49. The molecular formula is C20H25N3O. The smallest absolute Gasteiger partial charge is 0.220 e. The van der Waals surface area contributed by atoms with Crippen LogP contribution >= 0.6 is 0 Å². The van der Waals surface area contributed by atoms with Gasteiger partial charge in [-0.15, -0.1) is 0 Å². The van der Waals surface area contributed by atoms with Crippen LogP contribution in [0.15, 0.2) is 43.0 Å². The van der Waals surface area contributed by atoms with Crippen LogP contribution in [0.1, 0.15) is 50.6 Å². The van der Waals surface area contributed by atoms with E-state index in [1.807, 2.05) is 10.8 Å². The molecule has 0 aliphatic heterocycles. The largest absolute Gasteiger partial charge is 0.350 e. The Morgan fingerprint density at radius 3 is 2.75 bits per heavy atom. The zero-order valence-corrected chi connectivity index (χ0v) is 14.2. The van der Waals surface area contributed by atoms with E-state index in [4.69, 9.17) is 0 Å². The second-order valence-corrected chi connectivity index (χ2v) is 7.49. The number of amides is 1. The molecule has 1 aromatic heterocycles. The van der Waals surface area contributed by atoms with Crippen LogP contribution in [0.25, 0.3) is 5.69 Å². The van der Waals surface area contributed by atoms with Crippen LogP contribution in [-0.4, -0.2) is 15.5 Å². The van der Waals surface area contributed by atoms with Crippen LogP contribution in [0.5, 0.6) is 0 Å². The van der Waals surface area contributed by atoms with E-state index in [9.17, 15) is 4.79 Å². The minimum absolute atomic E-state index is 0.0490. The average molecular weight is 323 g/mol. The summed E-state index contributed by atoms with van der Waals surface area (Å²) in [5, 5.41) is 3.18. The zero-order chi connectivity index (χ0) is 16.5. The van der Waals surface area contributed by atoms with E-state index in [1.54, 1.807) is 12.5 Å². The summed E-state index contributed by atoms with van der Waals surface area (Å²) in [5.41, 5.74) is 2.22. The highest BCUT2D eigenvalue weighted by atomic mass is 16.1. The number of fused-ring (bicyclic) bond motifs is 2. The predicted molar refractivity (Wildman–Crippen MR) is 93.7 cm³/mol. The van der Waals surface area contributed by atoms with Crippen molar-refractivity contribution in [2.45, 2.75) is 45.1 Å². The fourth-order valence-electron chi connectivity index (χ4n) is 4.60. The minimum Gasteiger partial charge on any atom is -0.350 e. The SMILES string of the molecule is C[C@@H](NC(=O)C[C@@H]1C[C@H]2CC[C@H]1C2)c1ccc(-n2ccnc2)cc1. The van der Waals surface area contributed by atoms with E-state index in [0.717, 1.165) is 23.1 Å². The van der Waals surface area contributed by atoms with Crippen molar-refractivity contribution in [1.29, 1.82) is 0 Å². The van der Waals surface area contributed by atoms with Crippen molar-refractivity contribution < 1.29 is 4.79 Å². The third-order valence-electron chi connectivity index (χ3n) is 5.91. The number of aromatic nitrogens is 2. The Kier molecular flexibility index (Phi) is 4.13. The van der Waals surface area contributed by atoms with E-state index in [0.29, 0.717) is 12.3 Å². The molecule has 1 N–H and O–H groups in total. The molecular weight excluding hydrogens is 298 g/mol. The van der Waals surface area contributed by atoms with Gasteiger partial charge in [0.1, 0.15) is 0 Å². The van der Waals surface area contributed by atoms with Gasteiger partial charge in [-0.3, -0.25) is 4.79 Å². The second kappa shape index (κ2) is 6.42. The molecule has 0 unspecified atom stereocenters. The van der Waals surface area contributed by atoms with Crippen molar-refractivity contribution in [1.82, 2.24) is 14.9 Å². The standard InChI is InChI=1S/C20H25N3O/c1-14(16-4-6-19(7-5-16)23-9-8-21-13-23)22-20(24)12-18-11-15-2-3-17(18)10-15/h4-9,13-15,17-18H,2-3,10-12H2,1H3,(H,22,24)/t14-,15+,17+,18+/m1/s1. The number of carbonyl (C=O) groups excluding carboxylic acids is 1. The van der Waals surface area contributed by atoms with Gasteiger partial charge in [0, 0.05) is 24.5 Å². The maximum atomic E-state index is 12.4. The molecule has 4 atom stereocenters. The molecule has 2 bridgehead atoms. The average Bonchev–Trinajstić information content (AvgIpc) is 3.32. The van der Waals surface area contributed by atoms with Gasteiger partial charge in [0.15, 0.2) is 0 Å². The summed E-state index contributed by atoms with van der Waals surface area (Å²) < 4.78 is 1.97. The van der Waals surface area contributed by atoms with E-state index < -0.39 is 0 Å². The highest BCUT2D eigenvalue weighted by molar-refractivity contribution is 5.76. The molecule has 0 radical (unpaired) electrons. The molecule has 2 fully saturated rings. The van der Waals surface area contributed by atoms with Gasteiger partial charge in [-0.1, -0.05) is 18.6 Å². The Labute approximate surface area is 143 Å². The molecule has 4 nitrogen and oxygen atoms in total. The molecule has 1 aromatic carbocycles. The summed E-state index contributed by atoms with van der Waals surface area (Å²) in [7, 11) is 0.